The summed E-state index contributed by atoms with van der Waals surface area (Å²) in [5, 5.41) is 5.55. The molecular weight excluding hydrogens is 238 g/mol. The number of halogens is 2. The third-order valence-corrected chi connectivity index (χ3v) is 3.34. The zero-order valence-corrected chi connectivity index (χ0v) is 10.6. The molecule has 100 valence electrons. The molecule has 0 aromatic carbocycles. The maximum atomic E-state index is 13.5. The second kappa shape index (κ2) is 5.48. The summed E-state index contributed by atoms with van der Waals surface area (Å²) in [7, 11) is 3.60. The fourth-order valence-corrected chi connectivity index (χ4v) is 2.22. The Hall–Kier alpha value is -1.43. The van der Waals surface area contributed by atoms with Crippen molar-refractivity contribution in [3.05, 3.63) is 17.7 Å². The van der Waals surface area contributed by atoms with Crippen LogP contribution in [-0.2, 0) is 0 Å². The van der Waals surface area contributed by atoms with Crippen LogP contribution >= 0.6 is 0 Å². The summed E-state index contributed by atoms with van der Waals surface area (Å²) in [5.74, 6) is -1.19. The van der Waals surface area contributed by atoms with Crippen LogP contribution in [-0.4, -0.2) is 43.1 Å². The fourth-order valence-electron chi connectivity index (χ4n) is 2.22. The van der Waals surface area contributed by atoms with E-state index in [1.165, 1.54) is 0 Å². The summed E-state index contributed by atoms with van der Waals surface area (Å²) >= 11 is 0. The lowest BCUT2D eigenvalue weighted by Crippen LogP contribution is -2.32. The summed E-state index contributed by atoms with van der Waals surface area (Å²) in [6, 6.07) is 1.23. The van der Waals surface area contributed by atoms with Gasteiger partial charge in [-0.25, -0.2) is 13.8 Å². The summed E-state index contributed by atoms with van der Waals surface area (Å²) in [5.41, 5.74) is 0. The van der Waals surface area contributed by atoms with E-state index in [1.807, 2.05) is 7.05 Å². The van der Waals surface area contributed by atoms with Gasteiger partial charge in [0.2, 0.25) is 0 Å². The highest BCUT2D eigenvalue weighted by molar-refractivity contribution is 5.47. The first kappa shape index (κ1) is 13.0. The van der Waals surface area contributed by atoms with Crippen molar-refractivity contribution in [3.8, 4) is 0 Å². The Morgan fingerprint density at radius 3 is 2.72 bits per heavy atom. The predicted molar refractivity (Wildman–Crippen MR) is 67.8 cm³/mol. The largest absolute Gasteiger partial charge is 0.371 e. The highest BCUT2D eigenvalue weighted by Crippen LogP contribution is 2.20. The predicted octanol–water partition coefficient (Wildman–Crippen LogP) is 1.91. The van der Waals surface area contributed by atoms with E-state index in [9.17, 15) is 8.78 Å². The third kappa shape index (κ3) is 2.69. The Bertz CT molecular complexity index is 425. The molecule has 0 saturated carbocycles. The molecule has 18 heavy (non-hydrogen) atoms. The van der Waals surface area contributed by atoms with E-state index in [4.69, 9.17) is 0 Å². The molecule has 6 heteroatoms. The first-order valence-corrected chi connectivity index (χ1v) is 6.09. The summed E-state index contributed by atoms with van der Waals surface area (Å²) in [6.07, 6.45) is 2.25. The number of nitrogens with one attached hydrogen (secondary N) is 2. The minimum absolute atomic E-state index is 0.0543. The van der Waals surface area contributed by atoms with Gasteiger partial charge >= 0.3 is 0 Å². The Morgan fingerprint density at radius 2 is 2.11 bits per heavy atom. The van der Waals surface area contributed by atoms with Crippen LogP contribution in [0.25, 0.3) is 0 Å². The van der Waals surface area contributed by atoms with Gasteiger partial charge in [-0.05, 0) is 26.4 Å². The number of nitrogens with zero attached hydrogens (tertiary/aromatic N) is 2. The molecule has 0 amide bonds. The van der Waals surface area contributed by atoms with Crippen molar-refractivity contribution < 1.29 is 8.78 Å². The van der Waals surface area contributed by atoms with Crippen molar-refractivity contribution in [1.29, 1.82) is 0 Å². The highest BCUT2D eigenvalue weighted by Gasteiger charge is 2.21. The quantitative estimate of drug-likeness (QED) is 0.863. The molecule has 1 fully saturated rings. The maximum Gasteiger partial charge on any atom is 0.168 e. The molecule has 2 heterocycles. The van der Waals surface area contributed by atoms with Crippen LogP contribution < -0.4 is 10.6 Å². The van der Waals surface area contributed by atoms with Gasteiger partial charge in [-0.1, -0.05) is 0 Å². The van der Waals surface area contributed by atoms with Crippen LogP contribution in [0.15, 0.2) is 6.07 Å². The van der Waals surface area contributed by atoms with Crippen LogP contribution in [0.5, 0.6) is 0 Å². The number of pyridine rings is 1. The number of hydrogen-bond acceptors (Lipinski definition) is 4. The van der Waals surface area contributed by atoms with E-state index < -0.39 is 11.6 Å². The van der Waals surface area contributed by atoms with Crippen molar-refractivity contribution in [2.75, 3.05) is 37.8 Å². The van der Waals surface area contributed by atoms with Crippen LogP contribution in [0, 0.1) is 11.6 Å². The molecule has 1 aromatic heterocycles. The summed E-state index contributed by atoms with van der Waals surface area (Å²) in [4.78, 5) is 6.12. The van der Waals surface area contributed by atoms with Gasteiger partial charge in [0.1, 0.15) is 0 Å². The molecule has 0 bridgehead atoms. The Kier molecular flexibility index (Phi) is 3.96. The molecule has 1 saturated heterocycles. The second-order valence-electron chi connectivity index (χ2n) is 4.56. The molecule has 1 unspecified atom stereocenters. The standard InChI is InChI=1S/C12H18F2N4/c1-15-11-9(13)6-10(14)12(17-11)16-7-8-4-3-5-18(8)2/h6,8H,3-5,7H2,1-2H3,(H2,15,16,17). The van der Waals surface area contributed by atoms with Crippen LogP contribution in [0.3, 0.4) is 0 Å². The minimum atomic E-state index is -0.682. The molecule has 0 radical (unpaired) electrons. The minimum Gasteiger partial charge on any atom is -0.371 e. The van der Waals surface area contributed by atoms with Crippen molar-refractivity contribution >= 4 is 11.6 Å². The molecule has 1 aliphatic heterocycles. The second-order valence-corrected chi connectivity index (χ2v) is 4.56. The molecule has 4 nitrogen and oxygen atoms in total. The molecule has 0 aliphatic carbocycles. The van der Waals surface area contributed by atoms with Gasteiger partial charge in [0.25, 0.3) is 0 Å². The first-order chi connectivity index (χ1) is 8.61. The Labute approximate surface area is 105 Å². The summed E-state index contributed by atoms with van der Waals surface area (Å²) in [6.45, 7) is 1.68. The van der Waals surface area contributed by atoms with Gasteiger partial charge in [0, 0.05) is 25.7 Å². The van der Waals surface area contributed by atoms with Crippen molar-refractivity contribution in [3.63, 3.8) is 0 Å². The highest BCUT2D eigenvalue weighted by atomic mass is 19.1. The van der Waals surface area contributed by atoms with Gasteiger partial charge in [-0.15, -0.1) is 0 Å². The van der Waals surface area contributed by atoms with E-state index in [0.717, 1.165) is 25.5 Å². The van der Waals surface area contributed by atoms with Crippen molar-refractivity contribution in [2.45, 2.75) is 18.9 Å². The number of rotatable bonds is 4. The first-order valence-electron chi connectivity index (χ1n) is 6.09. The number of likely N-dealkylation sites (tertiary alicyclic amines) is 1. The number of aromatic nitrogens is 1. The van der Waals surface area contributed by atoms with Crippen LogP contribution in [0.2, 0.25) is 0 Å². The molecule has 1 aliphatic rings. The Morgan fingerprint density at radius 1 is 1.39 bits per heavy atom. The zero-order chi connectivity index (χ0) is 13.1. The lowest BCUT2D eigenvalue weighted by atomic mass is 10.2. The van der Waals surface area contributed by atoms with Crippen molar-refractivity contribution in [1.82, 2.24) is 9.88 Å². The molecule has 0 spiro atoms. The Balaban J connectivity index is 2.04. The lowest BCUT2D eigenvalue weighted by molar-refractivity contribution is 0.322. The monoisotopic (exact) mass is 256 g/mol. The lowest BCUT2D eigenvalue weighted by Gasteiger charge is -2.20. The third-order valence-electron chi connectivity index (χ3n) is 3.34. The fraction of sp³-hybridized carbons (Fsp3) is 0.583. The van der Waals surface area contributed by atoms with Gasteiger partial charge in [0.05, 0.1) is 0 Å². The summed E-state index contributed by atoms with van der Waals surface area (Å²) < 4.78 is 26.8. The SMILES string of the molecule is CNc1nc(NCC2CCCN2C)c(F)cc1F. The van der Waals surface area contributed by atoms with Crippen LogP contribution in [0.4, 0.5) is 20.4 Å². The van der Waals surface area contributed by atoms with E-state index in [-0.39, 0.29) is 11.6 Å². The van der Waals surface area contributed by atoms with E-state index in [2.05, 4.69) is 20.5 Å². The number of likely N-dealkylation sites (N-methyl/N-ethyl adjacent to an activating group) is 1. The molecule has 2 N–H and O–H groups in total. The van der Waals surface area contributed by atoms with Gasteiger partial charge in [0.15, 0.2) is 23.3 Å². The topological polar surface area (TPSA) is 40.2 Å². The number of hydrogen-bond donors (Lipinski definition) is 2. The molecule has 1 aromatic rings. The normalized spacial score (nSPS) is 20.1. The molecule has 1 atom stereocenters. The molecule has 2 rings (SSSR count). The van der Waals surface area contributed by atoms with Gasteiger partial charge in [-0.3, -0.25) is 0 Å². The number of anilines is 2. The smallest absolute Gasteiger partial charge is 0.168 e. The zero-order valence-electron chi connectivity index (χ0n) is 10.6. The average molecular weight is 256 g/mol. The maximum absolute atomic E-state index is 13.5. The average Bonchev–Trinajstić information content (AvgIpc) is 2.74. The van der Waals surface area contributed by atoms with Gasteiger partial charge in [-0.2, -0.15) is 0 Å². The van der Waals surface area contributed by atoms with Gasteiger partial charge < -0.3 is 15.5 Å². The van der Waals surface area contributed by atoms with Crippen molar-refractivity contribution in [2.24, 2.45) is 0 Å². The van der Waals surface area contributed by atoms with Crippen LogP contribution in [0.1, 0.15) is 12.8 Å². The van der Waals surface area contributed by atoms with E-state index >= 15 is 0 Å². The molecular formula is C12H18F2N4. The van der Waals surface area contributed by atoms with E-state index in [1.54, 1.807) is 7.05 Å². The van der Waals surface area contributed by atoms with E-state index in [0.29, 0.717) is 12.6 Å².